The van der Waals surface area contributed by atoms with Crippen molar-refractivity contribution < 1.29 is 27.8 Å². The molecule has 1 aromatic heterocycles. The highest BCUT2D eigenvalue weighted by molar-refractivity contribution is 5.83. The number of halogens is 1. The first-order chi connectivity index (χ1) is 14.5. The smallest absolute Gasteiger partial charge is 0.336 e. The Balaban J connectivity index is 1.84. The molecule has 0 amide bonds. The molecule has 0 spiro atoms. The number of carbonyl (C=O) groups is 1. The van der Waals surface area contributed by atoms with E-state index in [1.54, 1.807) is 18.2 Å². The normalized spacial score (nSPS) is 10.9. The minimum Gasteiger partial charge on any atom is -0.488 e. The Kier molecular flexibility index (Phi) is 7.19. The fourth-order valence-corrected chi connectivity index (χ4v) is 3.06. The lowest BCUT2D eigenvalue weighted by Crippen LogP contribution is -2.11. The van der Waals surface area contributed by atoms with Crippen LogP contribution in [0.15, 0.2) is 51.7 Å². The Hall–Kier alpha value is -3.19. The Labute approximate surface area is 173 Å². The van der Waals surface area contributed by atoms with Crippen molar-refractivity contribution in [2.75, 3.05) is 20.3 Å². The summed E-state index contributed by atoms with van der Waals surface area (Å²) < 4.78 is 34.6. The highest BCUT2D eigenvalue weighted by Crippen LogP contribution is 2.29. The molecule has 30 heavy (non-hydrogen) atoms. The van der Waals surface area contributed by atoms with Crippen molar-refractivity contribution in [2.45, 2.75) is 26.4 Å². The van der Waals surface area contributed by atoms with Gasteiger partial charge >= 0.3 is 11.6 Å². The van der Waals surface area contributed by atoms with E-state index >= 15 is 0 Å². The van der Waals surface area contributed by atoms with Gasteiger partial charge in [-0.25, -0.2) is 9.18 Å². The topological polar surface area (TPSA) is 75.0 Å². The minimum absolute atomic E-state index is 0.130. The van der Waals surface area contributed by atoms with Gasteiger partial charge in [0.1, 0.15) is 30.4 Å². The van der Waals surface area contributed by atoms with E-state index < -0.39 is 5.63 Å². The first-order valence-electron chi connectivity index (χ1n) is 9.55. The monoisotopic (exact) mass is 414 g/mol. The van der Waals surface area contributed by atoms with Gasteiger partial charge in [-0.2, -0.15) is 0 Å². The van der Waals surface area contributed by atoms with Crippen LogP contribution in [0, 0.1) is 12.7 Å². The zero-order chi connectivity index (χ0) is 21.5. The number of hydrogen-bond donors (Lipinski definition) is 0. The number of carbonyl (C=O) groups excluding carboxylic acids is 1. The van der Waals surface area contributed by atoms with Crippen LogP contribution in [0.3, 0.4) is 0 Å². The van der Waals surface area contributed by atoms with Gasteiger partial charge in [-0.3, -0.25) is 4.79 Å². The van der Waals surface area contributed by atoms with Gasteiger partial charge in [0.05, 0.1) is 6.61 Å². The summed E-state index contributed by atoms with van der Waals surface area (Å²) in [5.74, 6) is -0.236. The molecule has 0 bridgehead atoms. The summed E-state index contributed by atoms with van der Waals surface area (Å²) in [4.78, 5) is 23.7. The zero-order valence-corrected chi connectivity index (χ0v) is 16.9. The van der Waals surface area contributed by atoms with Crippen LogP contribution in [0.25, 0.3) is 11.0 Å². The summed E-state index contributed by atoms with van der Waals surface area (Å²) in [6.45, 7) is 2.47. The highest BCUT2D eigenvalue weighted by atomic mass is 19.1. The molecule has 158 valence electrons. The van der Waals surface area contributed by atoms with Crippen molar-refractivity contribution in [3.8, 4) is 5.75 Å². The van der Waals surface area contributed by atoms with Crippen LogP contribution < -0.4 is 10.4 Å². The lowest BCUT2D eigenvalue weighted by molar-refractivity contribution is -0.144. The first kappa shape index (κ1) is 21.5. The van der Waals surface area contributed by atoms with Crippen LogP contribution in [0.2, 0.25) is 0 Å². The minimum atomic E-state index is -0.453. The largest absolute Gasteiger partial charge is 0.488 e. The number of hydrogen-bond acceptors (Lipinski definition) is 6. The van der Waals surface area contributed by atoms with Gasteiger partial charge in [-0.15, -0.1) is 0 Å². The van der Waals surface area contributed by atoms with Gasteiger partial charge in [0, 0.05) is 31.0 Å². The molecule has 0 radical (unpaired) electrons. The van der Waals surface area contributed by atoms with Crippen LogP contribution in [-0.4, -0.2) is 26.3 Å². The fraction of sp³-hybridized carbons (Fsp3) is 0.304. The second-order valence-corrected chi connectivity index (χ2v) is 6.84. The summed E-state index contributed by atoms with van der Waals surface area (Å²) in [5, 5.41) is 0.760. The van der Waals surface area contributed by atoms with Crippen LogP contribution in [0.4, 0.5) is 4.39 Å². The standard InChI is InChI=1S/C23H23FO6/c1-15-10-23(26)30-21-13-20(29-14-16-4-3-5-18(24)11-16)17(12-19(15)21)6-7-22(25)28-9-8-27-2/h3-5,10-13H,6-9,14H2,1-2H3. The van der Waals surface area contributed by atoms with Gasteiger partial charge in [0.25, 0.3) is 0 Å². The number of methoxy groups -OCH3 is 1. The number of aryl methyl sites for hydroxylation is 2. The average Bonchev–Trinajstić information content (AvgIpc) is 2.71. The lowest BCUT2D eigenvalue weighted by atomic mass is 10.0. The number of esters is 1. The van der Waals surface area contributed by atoms with Crippen LogP contribution >= 0.6 is 0 Å². The second kappa shape index (κ2) is 10.0. The van der Waals surface area contributed by atoms with E-state index in [2.05, 4.69) is 0 Å². The molecule has 0 fully saturated rings. The SMILES string of the molecule is COCCOC(=O)CCc1cc2c(C)cc(=O)oc2cc1OCc1cccc(F)c1. The molecule has 0 aliphatic heterocycles. The third-order valence-electron chi connectivity index (χ3n) is 4.56. The number of rotatable bonds is 9. The van der Waals surface area contributed by atoms with Crippen molar-refractivity contribution in [1.82, 2.24) is 0 Å². The van der Waals surface area contributed by atoms with E-state index in [-0.39, 0.29) is 31.4 Å². The Bertz CT molecular complexity index is 1090. The Morgan fingerprint density at radius 2 is 1.97 bits per heavy atom. The molecule has 0 saturated carbocycles. The molecule has 0 saturated heterocycles. The molecular formula is C23H23FO6. The molecular weight excluding hydrogens is 391 g/mol. The molecule has 0 atom stereocenters. The van der Waals surface area contributed by atoms with Crippen molar-refractivity contribution in [3.05, 3.63) is 75.4 Å². The summed E-state index contributed by atoms with van der Waals surface area (Å²) in [6, 6.07) is 11.0. The first-order valence-corrected chi connectivity index (χ1v) is 9.55. The van der Waals surface area contributed by atoms with E-state index in [1.807, 2.05) is 13.0 Å². The third kappa shape index (κ3) is 5.67. The quantitative estimate of drug-likeness (QED) is 0.300. The molecule has 2 aromatic carbocycles. The lowest BCUT2D eigenvalue weighted by Gasteiger charge is -2.14. The molecule has 0 unspecified atom stereocenters. The summed E-state index contributed by atoms with van der Waals surface area (Å²) >= 11 is 0. The average molecular weight is 414 g/mol. The Morgan fingerprint density at radius 3 is 2.73 bits per heavy atom. The van der Waals surface area contributed by atoms with Gasteiger partial charge in [-0.1, -0.05) is 12.1 Å². The third-order valence-corrected chi connectivity index (χ3v) is 4.56. The molecule has 7 heteroatoms. The molecule has 0 aliphatic rings. The summed E-state index contributed by atoms with van der Waals surface area (Å²) in [5.41, 5.74) is 2.12. The maximum absolute atomic E-state index is 13.4. The maximum atomic E-state index is 13.4. The molecule has 1 heterocycles. The molecule has 0 aliphatic carbocycles. The summed E-state index contributed by atoms with van der Waals surface area (Å²) in [7, 11) is 1.53. The maximum Gasteiger partial charge on any atom is 0.336 e. The zero-order valence-electron chi connectivity index (χ0n) is 16.9. The number of fused-ring (bicyclic) bond motifs is 1. The predicted octanol–water partition coefficient (Wildman–Crippen LogP) is 3.94. The fourth-order valence-electron chi connectivity index (χ4n) is 3.06. The van der Waals surface area contributed by atoms with Crippen molar-refractivity contribution in [1.29, 1.82) is 0 Å². The van der Waals surface area contributed by atoms with Gasteiger partial charge in [0.15, 0.2) is 0 Å². The van der Waals surface area contributed by atoms with E-state index in [9.17, 15) is 14.0 Å². The molecule has 0 N–H and O–H groups in total. The molecule has 3 rings (SSSR count). The van der Waals surface area contributed by atoms with Gasteiger partial charge < -0.3 is 18.6 Å². The van der Waals surface area contributed by atoms with Gasteiger partial charge in [-0.05, 0) is 48.2 Å². The Morgan fingerprint density at radius 1 is 1.13 bits per heavy atom. The highest BCUT2D eigenvalue weighted by Gasteiger charge is 2.13. The van der Waals surface area contributed by atoms with E-state index in [0.29, 0.717) is 29.9 Å². The summed E-state index contributed by atoms with van der Waals surface area (Å²) in [6.07, 6.45) is 0.528. The van der Waals surface area contributed by atoms with Crippen LogP contribution in [0.5, 0.6) is 5.75 Å². The van der Waals surface area contributed by atoms with Gasteiger partial charge in [0.2, 0.25) is 0 Å². The van der Waals surface area contributed by atoms with Crippen molar-refractivity contribution in [3.63, 3.8) is 0 Å². The molecule has 6 nitrogen and oxygen atoms in total. The molecule has 3 aromatic rings. The van der Waals surface area contributed by atoms with Crippen molar-refractivity contribution in [2.24, 2.45) is 0 Å². The predicted molar refractivity (Wildman–Crippen MR) is 109 cm³/mol. The van der Waals surface area contributed by atoms with Crippen LogP contribution in [0.1, 0.15) is 23.1 Å². The second-order valence-electron chi connectivity index (χ2n) is 6.84. The van der Waals surface area contributed by atoms with Crippen LogP contribution in [-0.2, 0) is 27.3 Å². The van der Waals surface area contributed by atoms with E-state index in [0.717, 1.165) is 16.5 Å². The van der Waals surface area contributed by atoms with E-state index in [1.165, 1.54) is 25.3 Å². The number of benzene rings is 2. The number of ether oxygens (including phenoxy) is 3. The van der Waals surface area contributed by atoms with Crippen molar-refractivity contribution >= 4 is 16.9 Å². The van der Waals surface area contributed by atoms with E-state index in [4.69, 9.17) is 18.6 Å².